The Hall–Kier alpha value is -0.970. The van der Waals surface area contributed by atoms with Gasteiger partial charge >= 0.3 is 0 Å². The van der Waals surface area contributed by atoms with Crippen LogP contribution in [0.25, 0.3) is 0 Å². The Morgan fingerprint density at radius 2 is 2.12 bits per heavy atom. The minimum absolute atomic E-state index is 0. The molecule has 5 heteroatoms. The molecule has 0 aliphatic rings. The molecule has 0 saturated carbocycles. The van der Waals surface area contributed by atoms with Crippen LogP contribution in [0.15, 0.2) is 18.2 Å². The summed E-state index contributed by atoms with van der Waals surface area (Å²) in [6, 6.07) is 4.73. The largest absolute Gasteiger partial charge is 0.507 e. The summed E-state index contributed by atoms with van der Waals surface area (Å²) in [5, 5.41) is 18.4. The fraction of sp³-hybridized carbons (Fsp3) is 0.455. The first-order valence-corrected chi connectivity index (χ1v) is 4.93. The molecule has 0 spiro atoms. The third kappa shape index (κ3) is 3.56. The van der Waals surface area contributed by atoms with Crippen molar-refractivity contribution < 1.29 is 14.9 Å². The summed E-state index contributed by atoms with van der Waals surface area (Å²) in [7, 11) is 1.54. The molecule has 0 amide bonds. The average molecular weight is 248 g/mol. The maximum Gasteiger partial charge on any atom is 0.127 e. The Morgan fingerprint density at radius 3 is 2.69 bits per heavy atom. The van der Waals surface area contributed by atoms with Gasteiger partial charge in [0, 0.05) is 12.6 Å². The van der Waals surface area contributed by atoms with Crippen molar-refractivity contribution in [2.75, 3.05) is 13.7 Å². The van der Waals surface area contributed by atoms with Crippen molar-refractivity contribution in [3.05, 3.63) is 23.8 Å². The zero-order valence-corrected chi connectivity index (χ0v) is 10.0. The molecule has 0 fully saturated rings. The second-order valence-corrected chi connectivity index (χ2v) is 3.37. The van der Waals surface area contributed by atoms with Crippen molar-refractivity contribution >= 4 is 12.4 Å². The van der Waals surface area contributed by atoms with E-state index in [1.807, 2.05) is 0 Å². The minimum Gasteiger partial charge on any atom is -0.507 e. The zero-order valence-electron chi connectivity index (χ0n) is 9.22. The number of aliphatic hydroxyl groups is 1. The first kappa shape index (κ1) is 15.0. The quantitative estimate of drug-likeness (QED) is 0.739. The van der Waals surface area contributed by atoms with Crippen LogP contribution in [0.5, 0.6) is 11.5 Å². The highest BCUT2D eigenvalue weighted by Crippen LogP contribution is 2.33. The molecule has 0 aliphatic carbocycles. The molecule has 1 rings (SSSR count). The number of halogens is 1. The van der Waals surface area contributed by atoms with Crippen LogP contribution >= 0.6 is 12.4 Å². The molecule has 0 saturated heterocycles. The lowest BCUT2D eigenvalue weighted by Gasteiger charge is -2.16. The lowest BCUT2D eigenvalue weighted by molar-refractivity contribution is 0.278. The van der Waals surface area contributed by atoms with Gasteiger partial charge in [-0.05, 0) is 25.0 Å². The van der Waals surface area contributed by atoms with Crippen LogP contribution in [0.2, 0.25) is 0 Å². The van der Waals surface area contributed by atoms with Crippen molar-refractivity contribution in [1.29, 1.82) is 0 Å². The number of aliphatic hydroxyl groups excluding tert-OH is 1. The molecule has 1 aromatic rings. The summed E-state index contributed by atoms with van der Waals surface area (Å²) >= 11 is 0. The van der Waals surface area contributed by atoms with E-state index in [2.05, 4.69) is 0 Å². The predicted octanol–water partition coefficient (Wildman–Crippen LogP) is 1.59. The van der Waals surface area contributed by atoms with Crippen LogP contribution in [0.1, 0.15) is 24.4 Å². The van der Waals surface area contributed by atoms with Crippen molar-refractivity contribution in [2.24, 2.45) is 5.73 Å². The van der Waals surface area contributed by atoms with Crippen molar-refractivity contribution in [1.82, 2.24) is 0 Å². The maximum absolute atomic E-state index is 9.67. The van der Waals surface area contributed by atoms with E-state index in [1.54, 1.807) is 18.2 Å². The number of methoxy groups -OCH3 is 1. The molecule has 1 atom stereocenters. The molecule has 0 radical (unpaired) electrons. The van der Waals surface area contributed by atoms with Gasteiger partial charge < -0.3 is 20.7 Å². The van der Waals surface area contributed by atoms with E-state index in [-0.39, 0.29) is 30.8 Å². The molecule has 0 aromatic heterocycles. The number of benzene rings is 1. The van der Waals surface area contributed by atoms with Crippen LogP contribution in [-0.4, -0.2) is 23.9 Å². The lowest BCUT2D eigenvalue weighted by Crippen LogP contribution is -2.12. The minimum atomic E-state index is -0.312. The molecule has 0 heterocycles. The summed E-state index contributed by atoms with van der Waals surface area (Å²) in [5.41, 5.74) is 6.51. The molecular formula is C11H18ClNO3. The molecular weight excluding hydrogens is 230 g/mol. The monoisotopic (exact) mass is 247 g/mol. The van der Waals surface area contributed by atoms with E-state index in [1.165, 1.54) is 7.11 Å². The Kier molecular flexibility index (Phi) is 6.88. The van der Waals surface area contributed by atoms with E-state index in [0.717, 1.165) is 0 Å². The number of hydrogen-bond donors (Lipinski definition) is 3. The van der Waals surface area contributed by atoms with Crippen molar-refractivity contribution in [3.8, 4) is 11.5 Å². The van der Waals surface area contributed by atoms with Gasteiger partial charge in [0.15, 0.2) is 0 Å². The highest BCUT2D eigenvalue weighted by atomic mass is 35.5. The SMILES string of the molecule is COc1cccc(O)c1[C@H](N)CCCO.Cl. The predicted molar refractivity (Wildman–Crippen MR) is 65.2 cm³/mol. The standard InChI is InChI=1S/C11H17NO3.ClH/c1-15-10-6-2-5-9(14)11(10)8(12)4-3-7-13;/h2,5-6,8,13-14H,3-4,7,12H2,1H3;1H/t8-;/m1./s1. The van der Waals surface area contributed by atoms with Gasteiger partial charge in [-0.1, -0.05) is 6.07 Å². The summed E-state index contributed by atoms with van der Waals surface area (Å²) in [6.07, 6.45) is 1.23. The van der Waals surface area contributed by atoms with Crippen LogP contribution in [0, 0.1) is 0 Å². The average Bonchev–Trinajstić information content (AvgIpc) is 2.25. The highest BCUT2D eigenvalue weighted by Gasteiger charge is 2.15. The number of phenolic OH excluding ortho intramolecular Hbond substituents is 1. The second-order valence-electron chi connectivity index (χ2n) is 3.37. The van der Waals surface area contributed by atoms with Crippen LogP contribution < -0.4 is 10.5 Å². The number of nitrogens with two attached hydrogens (primary N) is 1. The molecule has 0 unspecified atom stereocenters. The van der Waals surface area contributed by atoms with Crippen LogP contribution in [0.3, 0.4) is 0 Å². The van der Waals surface area contributed by atoms with Gasteiger partial charge in [-0.2, -0.15) is 0 Å². The zero-order chi connectivity index (χ0) is 11.3. The van der Waals surface area contributed by atoms with E-state index in [9.17, 15) is 5.11 Å². The van der Waals surface area contributed by atoms with Gasteiger partial charge in [-0.3, -0.25) is 0 Å². The molecule has 1 aromatic carbocycles. The van der Waals surface area contributed by atoms with Gasteiger partial charge in [-0.15, -0.1) is 12.4 Å². The van der Waals surface area contributed by atoms with Crippen molar-refractivity contribution in [3.63, 3.8) is 0 Å². The number of hydrogen-bond acceptors (Lipinski definition) is 4. The Labute approximate surface area is 101 Å². The van der Waals surface area contributed by atoms with Gasteiger partial charge in [0.1, 0.15) is 11.5 Å². The first-order valence-electron chi connectivity index (χ1n) is 4.93. The topological polar surface area (TPSA) is 75.7 Å². The normalized spacial score (nSPS) is 11.7. The van der Waals surface area contributed by atoms with Gasteiger partial charge in [0.25, 0.3) is 0 Å². The fourth-order valence-electron chi connectivity index (χ4n) is 1.54. The Morgan fingerprint density at radius 1 is 1.44 bits per heavy atom. The molecule has 0 bridgehead atoms. The summed E-state index contributed by atoms with van der Waals surface area (Å²) < 4.78 is 5.12. The molecule has 16 heavy (non-hydrogen) atoms. The van der Waals surface area contributed by atoms with E-state index in [0.29, 0.717) is 24.2 Å². The van der Waals surface area contributed by atoms with E-state index in [4.69, 9.17) is 15.6 Å². The Bertz CT molecular complexity index is 320. The lowest BCUT2D eigenvalue weighted by atomic mass is 10.0. The fourth-order valence-corrected chi connectivity index (χ4v) is 1.54. The third-order valence-electron chi connectivity index (χ3n) is 2.31. The maximum atomic E-state index is 9.67. The summed E-state index contributed by atoms with van der Waals surface area (Å²) in [4.78, 5) is 0. The van der Waals surface area contributed by atoms with E-state index >= 15 is 0 Å². The molecule has 0 aliphatic heterocycles. The van der Waals surface area contributed by atoms with E-state index < -0.39 is 0 Å². The van der Waals surface area contributed by atoms with Gasteiger partial charge in [-0.25, -0.2) is 0 Å². The first-order chi connectivity index (χ1) is 7.20. The second kappa shape index (κ2) is 7.33. The number of aromatic hydroxyl groups is 1. The number of ether oxygens (including phenoxy) is 1. The van der Waals surface area contributed by atoms with Gasteiger partial charge in [0.05, 0.1) is 12.7 Å². The number of rotatable bonds is 5. The van der Waals surface area contributed by atoms with Crippen molar-refractivity contribution in [2.45, 2.75) is 18.9 Å². The Balaban J connectivity index is 0.00000225. The summed E-state index contributed by atoms with van der Waals surface area (Å²) in [5.74, 6) is 0.722. The number of phenols is 1. The van der Waals surface area contributed by atoms with Gasteiger partial charge in [0.2, 0.25) is 0 Å². The van der Waals surface area contributed by atoms with Crippen LogP contribution in [0.4, 0.5) is 0 Å². The molecule has 4 N–H and O–H groups in total. The smallest absolute Gasteiger partial charge is 0.127 e. The third-order valence-corrected chi connectivity index (χ3v) is 2.31. The molecule has 4 nitrogen and oxygen atoms in total. The molecule has 92 valence electrons. The highest BCUT2D eigenvalue weighted by molar-refractivity contribution is 5.85. The summed E-state index contributed by atoms with van der Waals surface area (Å²) in [6.45, 7) is 0.101. The van der Waals surface area contributed by atoms with Crippen LogP contribution in [-0.2, 0) is 0 Å².